The Bertz CT molecular complexity index is 403. The van der Waals surface area contributed by atoms with E-state index < -0.39 is 6.04 Å². The Hall–Kier alpha value is -1.84. The van der Waals surface area contributed by atoms with E-state index in [4.69, 9.17) is 0 Å². The minimum Gasteiger partial charge on any atom is -0.343 e. The fraction of sp³-hybridized carbons (Fsp3) is 0.333. The highest BCUT2D eigenvalue weighted by molar-refractivity contribution is 5.94. The number of hydrogen-bond acceptors (Lipinski definition) is 2. The van der Waals surface area contributed by atoms with Crippen LogP contribution in [0.2, 0.25) is 0 Å². The van der Waals surface area contributed by atoms with Crippen molar-refractivity contribution < 1.29 is 9.59 Å². The predicted octanol–water partition coefficient (Wildman–Crippen LogP) is 0.533. The van der Waals surface area contributed by atoms with E-state index in [1.807, 2.05) is 30.3 Å². The Kier molecular flexibility index (Phi) is 2.90. The van der Waals surface area contributed by atoms with E-state index >= 15 is 0 Å². The Morgan fingerprint density at radius 2 is 2.00 bits per heavy atom. The third kappa shape index (κ3) is 2.21. The van der Waals surface area contributed by atoms with Gasteiger partial charge in [-0.2, -0.15) is 0 Å². The van der Waals surface area contributed by atoms with E-state index in [1.165, 1.54) is 0 Å². The molecule has 1 saturated heterocycles. The Morgan fingerprint density at radius 3 is 2.69 bits per heavy atom. The summed E-state index contributed by atoms with van der Waals surface area (Å²) in [5.41, 5.74) is 1.04. The molecule has 1 aromatic carbocycles. The molecule has 1 atom stereocenters. The number of carbonyl (C=O) groups excluding carboxylic acids is 2. The lowest BCUT2D eigenvalue weighted by Gasteiger charge is -2.30. The highest BCUT2D eigenvalue weighted by atomic mass is 16.2. The van der Waals surface area contributed by atoms with Crippen LogP contribution in [0.25, 0.3) is 0 Å². The van der Waals surface area contributed by atoms with E-state index in [-0.39, 0.29) is 18.4 Å². The van der Waals surface area contributed by atoms with Crippen LogP contribution in [-0.4, -0.2) is 29.3 Å². The largest absolute Gasteiger partial charge is 0.343 e. The highest BCUT2D eigenvalue weighted by Gasteiger charge is 2.29. The van der Waals surface area contributed by atoms with Crippen LogP contribution in [0, 0.1) is 0 Å². The van der Waals surface area contributed by atoms with E-state index in [1.54, 1.807) is 11.8 Å². The zero-order chi connectivity index (χ0) is 11.5. The zero-order valence-corrected chi connectivity index (χ0v) is 9.14. The van der Waals surface area contributed by atoms with Crippen LogP contribution >= 0.6 is 0 Å². The molecule has 0 radical (unpaired) electrons. The van der Waals surface area contributed by atoms with E-state index in [0.29, 0.717) is 6.54 Å². The Morgan fingerprint density at radius 1 is 1.31 bits per heavy atom. The van der Waals surface area contributed by atoms with Crippen molar-refractivity contribution in [3.63, 3.8) is 0 Å². The molecular weight excluding hydrogens is 204 g/mol. The van der Waals surface area contributed by atoms with Crippen molar-refractivity contribution in [2.75, 3.05) is 6.54 Å². The monoisotopic (exact) mass is 218 g/mol. The summed E-state index contributed by atoms with van der Waals surface area (Å²) >= 11 is 0. The van der Waals surface area contributed by atoms with Crippen molar-refractivity contribution in [2.45, 2.75) is 19.5 Å². The fourth-order valence-electron chi connectivity index (χ4n) is 1.81. The van der Waals surface area contributed by atoms with Gasteiger partial charge >= 0.3 is 0 Å². The van der Waals surface area contributed by atoms with Crippen molar-refractivity contribution in [2.24, 2.45) is 0 Å². The van der Waals surface area contributed by atoms with Crippen LogP contribution in [-0.2, 0) is 16.1 Å². The summed E-state index contributed by atoms with van der Waals surface area (Å²) < 4.78 is 0. The third-order valence-corrected chi connectivity index (χ3v) is 2.61. The van der Waals surface area contributed by atoms with Crippen LogP contribution in [0.15, 0.2) is 30.3 Å². The van der Waals surface area contributed by atoms with Gasteiger partial charge in [0, 0.05) is 6.54 Å². The van der Waals surface area contributed by atoms with Crippen LogP contribution < -0.4 is 5.32 Å². The second-order valence-corrected chi connectivity index (χ2v) is 3.97. The van der Waals surface area contributed by atoms with Gasteiger partial charge in [-0.3, -0.25) is 9.59 Å². The van der Waals surface area contributed by atoms with Crippen LogP contribution in [0.4, 0.5) is 0 Å². The van der Waals surface area contributed by atoms with Crippen LogP contribution in [0.5, 0.6) is 0 Å². The molecule has 0 bridgehead atoms. The molecule has 1 aromatic rings. The molecule has 0 saturated carbocycles. The summed E-state index contributed by atoms with van der Waals surface area (Å²) in [5.74, 6) is -0.119. The maximum atomic E-state index is 11.8. The maximum absolute atomic E-state index is 11.8. The zero-order valence-electron chi connectivity index (χ0n) is 9.14. The number of rotatable bonds is 2. The van der Waals surface area contributed by atoms with Crippen molar-refractivity contribution in [3.05, 3.63) is 35.9 Å². The first kappa shape index (κ1) is 10.7. The van der Waals surface area contributed by atoms with Crippen molar-refractivity contribution in [1.82, 2.24) is 10.2 Å². The lowest BCUT2D eigenvalue weighted by Crippen LogP contribution is -2.56. The smallest absolute Gasteiger partial charge is 0.245 e. The first-order valence-corrected chi connectivity index (χ1v) is 5.29. The molecule has 1 N–H and O–H groups in total. The molecule has 2 rings (SSSR count). The number of benzene rings is 1. The molecule has 0 aliphatic carbocycles. The van der Waals surface area contributed by atoms with Gasteiger partial charge in [0.05, 0.1) is 6.54 Å². The molecule has 1 heterocycles. The van der Waals surface area contributed by atoms with E-state index in [9.17, 15) is 9.59 Å². The number of carbonyl (C=O) groups is 2. The van der Waals surface area contributed by atoms with Crippen molar-refractivity contribution in [1.29, 1.82) is 0 Å². The molecule has 4 heteroatoms. The Labute approximate surface area is 94.2 Å². The van der Waals surface area contributed by atoms with Gasteiger partial charge in [-0.1, -0.05) is 30.3 Å². The molecule has 16 heavy (non-hydrogen) atoms. The van der Waals surface area contributed by atoms with Gasteiger partial charge in [0.2, 0.25) is 11.8 Å². The first-order chi connectivity index (χ1) is 7.66. The molecular formula is C12H14N2O2. The van der Waals surface area contributed by atoms with Gasteiger partial charge in [-0.25, -0.2) is 0 Å². The number of nitrogens with zero attached hydrogens (tertiary/aromatic N) is 1. The summed E-state index contributed by atoms with van der Waals surface area (Å²) in [6.07, 6.45) is 0. The summed E-state index contributed by atoms with van der Waals surface area (Å²) in [5, 5.41) is 2.61. The number of nitrogens with one attached hydrogen (secondary N) is 1. The number of piperazine rings is 1. The minimum atomic E-state index is -0.412. The number of hydrogen-bond donors (Lipinski definition) is 1. The number of amides is 2. The van der Waals surface area contributed by atoms with Crippen molar-refractivity contribution >= 4 is 11.8 Å². The molecule has 1 aliphatic rings. The van der Waals surface area contributed by atoms with Gasteiger partial charge in [0.15, 0.2) is 0 Å². The maximum Gasteiger partial charge on any atom is 0.245 e. The van der Waals surface area contributed by atoms with E-state index in [0.717, 1.165) is 5.56 Å². The molecule has 0 aromatic heterocycles. The molecule has 2 amide bonds. The molecule has 0 spiro atoms. The van der Waals surface area contributed by atoms with Gasteiger partial charge in [-0.15, -0.1) is 0 Å². The lowest BCUT2D eigenvalue weighted by atomic mass is 10.1. The first-order valence-electron chi connectivity index (χ1n) is 5.29. The average Bonchev–Trinajstić information content (AvgIpc) is 2.27. The normalized spacial score (nSPS) is 20.8. The van der Waals surface area contributed by atoms with Crippen LogP contribution in [0.1, 0.15) is 12.5 Å². The highest BCUT2D eigenvalue weighted by Crippen LogP contribution is 2.08. The topological polar surface area (TPSA) is 49.4 Å². The van der Waals surface area contributed by atoms with Gasteiger partial charge in [0.1, 0.15) is 6.04 Å². The summed E-state index contributed by atoms with van der Waals surface area (Å²) in [6, 6.07) is 9.26. The predicted molar refractivity (Wildman–Crippen MR) is 59.5 cm³/mol. The molecule has 1 aliphatic heterocycles. The summed E-state index contributed by atoms with van der Waals surface area (Å²) in [6.45, 7) is 2.35. The quantitative estimate of drug-likeness (QED) is 0.787. The van der Waals surface area contributed by atoms with Crippen LogP contribution in [0.3, 0.4) is 0 Å². The average molecular weight is 218 g/mol. The minimum absolute atomic E-state index is 0.0246. The summed E-state index contributed by atoms with van der Waals surface area (Å²) in [7, 11) is 0. The lowest BCUT2D eigenvalue weighted by molar-refractivity contribution is -0.144. The molecule has 1 fully saturated rings. The Balaban J connectivity index is 2.09. The van der Waals surface area contributed by atoms with Crippen molar-refractivity contribution in [3.8, 4) is 0 Å². The summed E-state index contributed by atoms with van der Waals surface area (Å²) in [4.78, 5) is 24.7. The molecule has 84 valence electrons. The second kappa shape index (κ2) is 4.35. The van der Waals surface area contributed by atoms with Gasteiger partial charge in [0.25, 0.3) is 0 Å². The van der Waals surface area contributed by atoms with Gasteiger partial charge < -0.3 is 10.2 Å². The fourth-order valence-corrected chi connectivity index (χ4v) is 1.81. The van der Waals surface area contributed by atoms with Gasteiger partial charge in [-0.05, 0) is 12.5 Å². The SMILES string of the molecule is CC1NC(=O)CN(Cc2ccccc2)C1=O. The molecule has 4 nitrogen and oxygen atoms in total. The second-order valence-electron chi connectivity index (χ2n) is 3.97. The molecule has 1 unspecified atom stereocenters. The standard InChI is InChI=1S/C12H14N2O2/c1-9-12(16)14(8-11(15)13-9)7-10-5-3-2-4-6-10/h2-6,9H,7-8H2,1H3,(H,13,15). The van der Waals surface area contributed by atoms with E-state index in [2.05, 4.69) is 5.32 Å². The third-order valence-electron chi connectivity index (χ3n) is 2.61.